The molecule has 2 nitrogen and oxygen atoms in total. The molecule has 1 aliphatic carbocycles. The molecule has 1 fully saturated rings. The van der Waals surface area contributed by atoms with Gasteiger partial charge in [0.05, 0.1) is 0 Å². The molecular formula is C10H20O2. The highest BCUT2D eigenvalue weighted by molar-refractivity contribution is 4.83. The van der Waals surface area contributed by atoms with Crippen molar-refractivity contribution < 1.29 is 10.1 Å². The lowest BCUT2D eigenvalue weighted by atomic mass is 9.75. The van der Waals surface area contributed by atoms with E-state index in [0.717, 1.165) is 24.7 Å². The fourth-order valence-electron chi connectivity index (χ4n) is 2.01. The monoisotopic (exact) mass is 172 g/mol. The first kappa shape index (κ1) is 10.0. The molecule has 0 heterocycles. The highest BCUT2D eigenvalue weighted by Crippen LogP contribution is 2.37. The summed E-state index contributed by atoms with van der Waals surface area (Å²) in [6.07, 6.45) is 4.36. The van der Waals surface area contributed by atoms with E-state index in [1.54, 1.807) is 0 Å². The Morgan fingerprint density at radius 1 is 1.33 bits per heavy atom. The maximum absolute atomic E-state index is 8.68. The van der Waals surface area contributed by atoms with E-state index in [4.69, 9.17) is 5.26 Å². The molecule has 12 heavy (non-hydrogen) atoms. The van der Waals surface area contributed by atoms with E-state index in [2.05, 4.69) is 18.7 Å². The van der Waals surface area contributed by atoms with Crippen LogP contribution < -0.4 is 0 Å². The van der Waals surface area contributed by atoms with Gasteiger partial charge in [0.25, 0.3) is 0 Å². The maximum Gasteiger partial charge on any atom is 0.101 e. The Morgan fingerprint density at radius 2 is 1.83 bits per heavy atom. The van der Waals surface area contributed by atoms with E-state index in [1.807, 2.05) is 6.92 Å². The van der Waals surface area contributed by atoms with Gasteiger partial charge in [-0.25, -0.2) is 4.89 Å². The van der Waals surface area contributed by atoms with Crippen molar-refractivity contribution in [3.63, 3.8) is 0 Å². The molecule has 0 radical (unpaired) electrons. The molecular weight excluding hydrogens is 152 g/mol. The minimum absolute atomic E-state index is 0.259. The van der Waals surface area contributed by atoms with Crippen molar-refractivity contribution in [2.24, 2.45) is 11.8 Å². The Labute approximate surface area is 74.9 Å². The summed E-state index contributed by atoms with van der Waals surface area (Å²) in [4.78, 5) is 4.51. The van der Waals surface area contributed by atoms with Gasteiger partial charge in [0.15, 0.2) is 0 Å². The number of rotatable bonds is 2. The summed E-state index contributed by atoms with van der Waals surface area (Å²) >= 11 is 0. The summed E-state index contributed by atoms with van der Waals surface area (Å²) in [6, 6.07) is 0. The van der Waals surface area contributed by atoms with Crippen LogP contribution in [-0.2, 0) is 4.89 Å². The van der Waals surface area contributed by atoms with Crippen LogP contribution in [0.4, 0.5) is 0 Å². The van der Waals surface area contributed by atoms with Gasteiger partial charge in [-0.3, -0.25) is 5.26 Å². The van der Waals surface area contributed by atoms with E-state index in [9.17, 15) is 0 Å². The zero-order valence-corrected chi connectivity index (χ0v) is 8.34. The lowest BCUT2D eigenvalue weighted by Gasteiger charge is -2.36. The first-order chi connectivity index (χ1) is 5.57. The Kier molecular flexibility index (Phi) is 3.13. The van der Waals surface area contributed by atoms with Crippen molar-refractivity contribution in [2.75, 3.05) is 0 Å². The summed E-state index contributed by atoms with van der Waals surface area (Å²) in [5.74, 6) is 1.60. The van der Waals surface area contributed by atoms with E-state index in [-0.39, 0.29) is 5.60 Å². The second kappa shape index (κ2) is 3.75. The molecule has 0 aromatic carbocycles. The van der Waals surface area contributed by atoms with Crippen LogP contribution in [0, 0.1) is 11.8 Å². The highest BCUT2D eigenvalue weighted by atomic mass is 17.1. The third-order valence-corrected chi connectivity index (χ3v) is 3.25. The van der Waals surface area contributed by atoms with Gasteiger partial charge in [-0.15, -0.1) is 0 Å². The van der Waals surface area contributed by atoms with Crippen LogP contribution in [0.3, 0.4) is 0 Å². The van der Waals surface area contributed by atoms with Crippen molar-refractivity contribution in [3.8, 4) is 0 Å². The zero-order chi connectivity index (χ0) is 9.19. The molecule has 0 aromatic rings. The molecule has 0 saturated heterocycles. The number of hydrogen-bond donors (Lipinski definition) is 1. The van der Waals surface area contributed by atoms with Gasteiger partial charge in [-0.05, 0) is 44.4 Å². The minimum atomic E-state index is -0.259. The average Bonchev–Trinajstić information content (AvgIpc) is 2.05. The van der Waals surface area contributed by atoms with Crippen molar-refractivity contribution in [2.45, 2.75) is 52.1 Å². The van der Waals surface area contributed by atoms with Crippen LogP contribution in [-0.4, -0.2) is 10.9 Å². The molecule has 1 saturated carbocycles. The predicted molar refractivity (Wildman–Crippen MR) is 48.9 cm³/mol. The largest absolute Gasteiger partial charge is 0.251 e. The zero-order valence-electron chi connectivity index (χ0n) is 8.34. The third kappa shape index (κ3) is 2.20. The highest BCUT2D eigenvalue weighted by Gasteiger charge is 2.33. The summed E-state index contributed by atoms with van der Waals surface area (Å²) in [6.45, 7) is 6.53. The third-order valence-electron chi connectivity index (χ3n) is 3.25. The Morgan fingerprint density at radius 3 is 2.17 bits per heavy atom. The topological polar surface area (TPSA) is 29.5 Å². The van der Waals surface area contributed by atoms with E-state index >= 15 is 0 Å². The van der Waals surface area contributed by atoms with Crippen molar-refractivity contribution in [1.82, 2.24) is 0 Å². The van der Waals surface area contributed by atoms with Gasteiger partial charge in [0.1, 0.15) is 5.60 Å². The van der Waals surface area contributed by atoms with Crippen molar-refractivity contribution in [1.29, 1.82) is 0 Å². The molecule has 0 bridgehead atoms. The van der Waals surface area contributed by atoms with Gasteiger partial charge >= 0.3 is 0 Å². The molecule has 0 atom stereocenters. The van der Waals surface area contributed by atoms with Gasteiger partial charge < -0.3 is 0 Å². The summed E-state index contributed by atoms with van der Waals surface area (Å²) in [7, 11) is 0. The van der Waals surface area contributed by atoms with E-state index < -0.39 is 0 Å². The molecule has 0 aliphatic heterocycles. The Bertz CT molecular complexity index is 135. The molecule has 1 N–H and O–H groups in total. The maximum atomic E-state index is 8.68. The molecule has 2 heteroatoms. The minimum Gasteiger partial charge on any atom is -0.251 e. The van der Waals surface area contributed by atoms with Crippen molar-refractivity contribution in [3.05, 3.63) is 0 Å². The lowest BCUT2D eigenvalue weighted by Crippen LogP contribution is -2.34. The number of hydrogen-bond acceptors (Lipinski definition) is 2. The van der Waals surface area contributed by atoms with Crippen molar-refractivity contribution >= 4 is 0 Å². The van der Waals surface area contributed by atoms with Gasteiger partial charge in [-0.1, -0.05) is 13.8 Å². The quantitative estimate of drug-likeness (QED) is 0.512. The normalized spacial score (nSPS) is 37.2. The van der Waals surface area contributed by atoms with Crippen LogP contribution in [0.15, 0.2) is 0 Å². The SMILES string of the molecule is CC(C)C1CCC(C)(OO)CC1. The van der Waals surface area contributed by atoms with Gasteiger partial charge in [0, 0.05) is 0 Å². The summed E-state index contributed by atoms with van der Waals surface area (Å²) in [5, 5.41) is 8.68. The molecule has 0 amide bonds. The van der Waals surface area contributed by atoms with Gasteiger partial charge in [0.2, 0.25) is 0 Å². The molecule has 0 aromatic heterocycles. The molecule has 0 spiro atoms. The van der Waals surface area contributed by atoms with Crippen LogP contribution in [0.25, 0.3) is 0 Å². The molecule has 0 unspecified atom stereocenters. The lowest BCUT2D eigenvalue weighted by molar-refractivity contribution is -0.326. The summed E-state index contributed by atoms with van der Waals surface area (Å²) < 4.78 is 0. The molecule has 1 aliphatic rings. The van der Waals surface area contributed by atoms with E-state index in [0.29, 0.717) is 0 Å². The van der Waals surface area contributed by atoms with Gasteiger partial charge in [-0.2, -0.15) is 0 Å². The molecule has 1 rings (SSSR count). The fourth-order valence-corrected chi connectivity index (χ4v) is 2.01. The average molecular weight is 172 g/mol. The Hall–Kier alpha value is -0.0800. The van der Waals surface area contributed by atoms with Crippen LogP contribution in [0.5, 0.6) is 0 Å². The van der Waals surface area contributed by atoms with Crippen LogP contribution in [0.1, 0.15) is 46.5 Å². The second-order valence-corrected chi connectivity index (χ2v) is 4.62. The summed E-state index contributed by atoms with van der Waals surface area (Å²) in [5.41, 5.74) is -0.259. The first-order valence-electron chi connectivity index (χ1n) is 4.90. The fraction of sp³-hybridized carbons (Fsp3) is 1.00. The first-order valence-corrected chi connectivity index (χ1v) is 4.90. The van der Waals surface area contributed by atoms with Crippen LogP contribution >= 0.6 is 0 Å². The van der Waals surface area contributed by atoms with Crippen LogP contribution in [0.2, 0.25) is 0 Å². The smallest absolute Gasteiger partial charge is 0.101 e. The predicted octanol–water partition coefficient (Wildman–Crippen LogP) is 3.08. The second-order valence-electron chi connectivity index (χ2n) is 4.62. The standard InChI is InChI=1S/C10H20O2/c1-8(2)9-4-6-10(3,12-11)7-5-9/h8-9,11H,4-7H2,1-3H3. The Balaban J connectivity index is 2.39. The van der Waals surface area contributed by atoms with E-state index in [1.165, 1.54) is 12.8 Å². The molecule has 72 valence electrons.